The first kappa shape index (κ1) is 15.5. The average molecular weight is 296 g/mol. The molecule has 1 unspecified atom stereocenters. The standard InChI is InChI=1S/C15H24N2O2S/c1-2-14-7-6-11-17(13-14)12-10-16-20(18,19)15-8-4-3-5-9-15/h3-5,8-9,14,16H,2,6-7,10-13H2,1H3. The number of nitrogens with one attached hydrogen (secondary N) is 1. The van der Waals surface area contributed by atoms with Crippen LogP contribution in [0.15, 0.2) is 35.2 Å². The minimum absolute atomic E-state index is 0.338. The molecule has 0 aromatic heterocycles. The fourth-order valence-corrected chi connectivity index (χ4v) is 3.75. The van der Waals surface area contributed by atoms with Gasteiger partial charge in [-0.15, -0.1) is 0 Å². The van der Waals surface area contributed by atoms with Crippen molar-refractivity contribution in [2.75, 3.05) is 26.2 Å². The van der Waals surface area contributed by atoms with Gasteiger partial charge in [0, 0.05) is 19.6 Å². The number of nitrogens with zero attached hydrogens (tertiary/aromatic N) is 1. The molecule has 1 atom stereocenters. The largest absolute Gasteiger partial charge is 0.302 e. The molecule has 2 rings (SSSR count). The van der Waals surface area contributed by atoms with Crippen LogP contribution in [-0.2, 0) is 10.0 Å². The van der Waals surface area contributed by atoms with Crippen molar-refractivity contribution in [1.29, 1.82) is 0 Å². The van der Waals surface area contributed by atoms with Gasteiger partial charge in [0.1, 0.15) is 0 Å². The van der Waals surface area contributed by atoms with Gasteiger partial charge in [-0.1, -0.05) is 31.5 Å². The molecule has 4 nitrogen and oxygen atoms in total. The molecule has 1 fully saturated rings. The zero-order chi connectivity index (χ0) is 14.4. The van der Waals surface area contributed by atoms with Crippen molar-refractivity contribution < 1.29 is 8.42 Å². The smallest absolute Gasteiger partial charge is 0.240 e. The first-order valence-electron chi connectivity index (χ1n) is 7.39. The van der Waals surface area contributed by atoms with E-state index >= 15 is 0 Å². The second-order valence-corrected chi connectivity index (χ2v) is 7.19. The Balaban J connectivity index is 1.81. The zero-order valence-corrected chi connectivity index (χ0v) is 12.9. The van der Waals surface area contributed by atoms with E-state index in [2.05, 4.69) is 16.5 Å². The second-order valence-electron chi connectivity index (χ2n) is 5.43. The fourth-order valence-electron chi connectivity index (χ4n) is 2.71. The molecule has 1 aromatic rings. The summed E-state index contributed by atoms with van der Waals surface area (Å²) in [6.45, 7) is 5.69. The van der Waals surface area contributed by atoms with E-state index in [-0.39, 0.29) is 0 Å². The van der Waals surface area contributed by atoms with E-state index in [0.29, 0.717) is 11.4 Å². The van der Waals surface area contributed by atoms with E-state index in [1.165, 1.54) is 19.3 Å². The second kappa shape index (κ2) is 7.20. The molecule has 20 heavy (non-hydrogen) atoms. The molecule has 5 heteroatoms. The van der Waals surface area contributed by atoms with Gasteiger partial charge in [0.2, 0.25) is 10.0 Å². The van der Waals surface area contributed by atoms with Gasteiger partial charge < -0.3 is 4.90 Å². The maximum Gasteiger partial charge on any atom is 0.240 e. The van der Waals surface area contributed by atoms with E-state index in [4.69, 9.17) is 0 Å². The molecular weight excluding hydrogens is 272 g/mol. The Kier molecular flexibility index (Phi) is 5.57. The molecule has 1 N–H and O–H groups in total. The molecule has 1 aromatic carbocycles. The van der Waals surface area contributed by atoms with Crippen LogP contribution in [0.3, 0.4) is 0 Å². The molecule has 1 heterocycles. The molecule has 0 aliphatic carbocycles. The molecule has 0 amide bonds. The maximum atomic E-state index is 12.1. The average Bonchev–Trinajstić information content (AvgIpc) is 2.48. The number of benzene rings is 1. The monoisotopic (exact) mass is 296 g/mol. The third-order valence-corrected chi connectivity index (χ3v) is 5.43. The van der Waals surface area contributed by atoms with Crippen molar-refractivity contribution in [2.45, 2.75) is 31.1 Å². The number of rotatable bonds is 6. The van der Waals surface area contributed by atoms with Crippen molar-refractivity contribution in [3.8, 4) is 0 Å². The number of piperidine rings is 1. The van der Waals surface area contributed by atoms with Gasteiger partial charge in [-0.3, -0.25) is 0 Å². The SMILES string of the molecule is CCC1CCCN(CCNS(=O)(=O)c2ccccc2)C1. The highest BCUT2D eigenvalue weighted by Gasteiger charge is 2.19. The minimum Gasteiger partial charge on any atom is -0.302 e. The summed E-state index contributed by atoms with van der Waals surface area (Å²) < 4.78 is 26.8. The van der Waals surface area contributed by atoms with E-state index in [1.807, 2.05) is 6.07 Å². The number of hydrogen-bond donors (Lipinski definition) is 1. The summed E-state index contributed by atoms with van der Waals surface area (Å²) in [6.07, 6.45) is 3.75. The highest BCUT2D eigenvalue weighted by molar-refractivity contribution is 7.89. The van der Waals surface area contributed by atoms with Crippen LogP contribution in [0, 0.1) is 5.92 Å². The van der Waals surface area contributed by atoms with Crippen molar-refractivity contribution in [3.05, 3.63) is 30.3 Å². The summed E-state index contributed by atoms with van der Waals surface area (Å²) >= 11 is 0. The van der Waals surface area contributed by atoms with Crippen molar-refractivity contribution in [1.82, 2.24) is 9.62 Å². The lowest BCUT2D eigenvalue weighted by Gasteiger charge is -2.32. The van der Waals surface area contributed by atoms with Crippen molar-refractivity contribution >= 4 is 10.0 Å². The van der Waals surface area contributed by atoms with Crippen LogP contribution in [0.2, 0.25) is 0 Å². The third-order valence-electron chi connectivity index (χ3n) is 3.95. The topological polar surface area (TPSA) is 49.4 Å². The highest BCUT2D eigenvalue weighted by Crippen LogP contribution is 2.18. The molecule has 0 bridgehead atoms. The quantitative estimate of drug-likeness (QED) is 0.874. The summed E-state index contributed by atoms with van der Waals surface area (Å²) in [7, 11) is -3.36. The Morgan fingerprint density at radius 1 is 1.30 bits per heavy atom. The summed E-state index contributed by atoms with van der Waals surface area (Å²) in [5.74, 6) is 0.773. The zero-order valence-electron chi connectivity index (χ0n) is 12.1. The van der Waals surface area contributed by atoms with Crippen LogP contribution >= 0.6 is 0 Å². The van der Waals surface area contributed by atoms with E-state index in [9.17, 15) is 8.42 Å². The number of likely N-dealkylation sites (tertiary alicyclic amines) is 1. The molecule has 1 aliphatic rings. The van der Waals surface area contributed by atoms with E-state index in [1.54, 1.807) is 24.3 Å². The number of hydrogen-bond acceptors (Lipinski definition) is 3. The predicted molar refractivity (Wildman–Crippen MR) is 81.1 cm³/mol. The molecular formula is C15H24N2O2S. The fraction of sp³-hybridized carbons (Fsp3) is 0.600. The van der Waals surface area contributed by atoms with Gasteiger partial charge in [-0.2, -0.15) is 0 Å². The van der Waals surface area contributed by atoms with Crippen LogP contribution in [0.25, 0.3) is 0 Å². The van der Waals surface area contributed by atoms with Gasteiger partial charge in [-0.05, 0) is 37.4 Å². The molecule has 0 radical (unpaired) electrons. The van der Waals surface area contributed by atoms with Crippen molar-refractivity contribution in [2.24, 2.45) is 5.92 Å². The summed E-state index contributed by atoms with van der Waals surface area (Å²) in [4.78, 5) is 2.70. The van der Waals surface area contributed by atoms with Crippen LogP contribution < -0.4 is 4.72 Å². The van der Waals surface area contributed by atoms with Gasteiger partial charge >= 0.3 is 0 Å². The lowest BCUT2D eigenvalue weighted by Crippen LogP contribution is -2.40. The van der Waals surface area contributed by atoms with Gasteiger partial charge in [0.15, 0.2) is 0 Å². The Morgan fingerprint density at radius 3 is 2.75 bits per heavy atom. The molecule has 0 saturated carbocycles. The Hall–Kier alpha value is -0.910. The van der Waals surface area contributed by atoms with Gasteiger partial charge in [0.25, 0.3) is 0 Å². The first-order chi connectivity index (χ1) is 9.62. The van der Waals surface area contributed by atoms with Crippen LogP contribution in [0.4, 0.5) is 0 Å². The Labute approximate surface area is 122 Å². The molecule has 1 aliphatic heterocycles. The molecule has 0 spiro atoms. The normalized spacial score (nSPS) is 20.9. The van der Waals surface area contributed by atoms with E-state index in [0.717, 1.165) is 25.6 Å². The van der Waals surface area contributed by atoms with Gasteiger partial charge in [-0.25, -0.2) is 13.1 Å². The Bertz CT molecular complexity index is 502. The minimum atomic E-state index is -3.36. The summed E-state index contributed by atoms with van der Waals surface area (Å²) in [5.41, 5.74) is 0. The predicted octanol–water partition coefficient (Wildman–Crippen LogP) is 2.09. The third kappa shape index (κ3) is 4.30. The lowest BCUT2D eigenvalue weighted by molar-refractivity contribution is 0.175. The van der Waals surface area contributed by atoms with Crippen LogP contribution in [0.5, 0.6) is 0 Å². The molecule has 1 saturated heterocycles. The van der Waals surface area contributed by atoms with Crippen LogP contribution in [-0.4, -0.2) is 39.5 Å². The maximum absolute atomic E-state index is 12.1. The van der Waals surface area contributed by atoms with Gasteiger partial charge in [0.05, 0.1) is 4.90 Å². The Morgan fingerprint density at radius 2 is 2.05 bits per heavy atom. The number of sulfonamides is 1. The van der Waals surface area contributed by atoms with Crippen molar-refractivity contribution in [3.63, 3.8) is 0 Å². The molecule has 112 valence electrons. The highest BCUT2D eigenvalue weighted by atomic mass is 32.2. The summed E-state index contributed by atoms with van der Waals surface area (Å²) in [6, 6.07) is 8.54. The van der Waals surface area contributed by atoms with E-state index < -0.39 is 10.0 Å². The summed E-state index contributed by atoms with van der Waals surface area (Å²) in [5, 5.41) is 0. The van der Waals surface area contributed by atoms with Crippen LogP contribution in [0.1, 0.15) is 26.2 Å². The first-order valence-corrected chi connectivity index (χ1v) is 8.87. The lowest BCUT2D eigenvalue weighted by atomic mass is 9.96.